The molecule has 19 heavy (non-hydrogen) atoms. The molecule has 0 saturated carbocycles. The van der Waals surface area contributed by atoms with Crippen LogP contribution in [0.2, 0.25) is 0 Å². The largest absolute Gasteiger partial charge is 0.492 e. The summed E-state index contributed by atoms with van der Waals surface area (Å²) in [5.41, 5.74) is 0.295. The predicted molar refractivity (Wildman–Crippen MR) is 67.9 cm³/mol. The van der Waals surface area contributed by atoms with Gasteiger partial charge in [0, 0.05) is 6.54 Å². The first-order valence-electron chi connectivity index (χ1n) is 6.03. The number of hydrogen-bond acceptors (Lipinski definition) is 4. The molecule has 0 N–H and O–H groups in total. The molecule has 1 heterocycles. The third-order valence-corrected chi connectivity index (χ3v) is 2.78. The third-order valence-electron chi connectivity index (χ3n) is 2.78. The first-order valence-corrected chi connectivity index (χ1v) is 6.03. The van der Waals surface area contributed by atoms with Gasteiger partial charge < -0.3 is 4.74 Å². The van der Waals surface area contributed by atoms with E-state index in [1.54, 1.807) is 38.1 Å². The maximum Gasteiger partial charge on any atom is 0.338 e. The fourth-order valence-electron chi connectivity index (χ4n) is 1.92. The minimum Gasteiger partial charge on any atom is -0.492 e. The van der Waals surface area contributed by atoms with Crippen molar-refractivity contribution in [2.24, 2.45) is 0 Å². The Hall–Kier alpha value is -2.37. The molecule has 1 saturated heterocycles. The Bertz CT molecular complexity index is 541. The zero-order valence-corrected chi connectivity index (χ0v) is 10.8. The quantitative estimate of drug-likeness (QED) is 0.607. The molecule has 1 aliphatic rings. The smallest absolute Gasteiger partial charge is 0.338 e. The lowest BCUT2D eigenvalue weighted by molar-refractivity contribution is -0.139. The molecule has 0 spiro atoms. The Morgan fingerprint density at radius 2 is 1.74 bits per heavy atom. The Kier molecular flexibility index (Phi) is 3.50. The summed E-state index contributed by atoms with van der Waals surface area (Å²) in [6.45, 7) is 4.00. The molecule has 1 fully saturated rings. The first-order chi connectivity index (χ1) is 9.11. The van der Waals surface area contributed by atoms with E-state index in [1.165, 1.54) is 0 Å². The molecular formula is C13H14N2O4. The topological polar surface area (TPSA) is 66.9 Å². The maximum absolute atomic E-state index is 12.1. The third kappa shape index (κ3) is 2.05. The molecule has 0 radical (unpaired) electrons. The van der Waals surface area contributed by atoms with Crippen molar-refractivity contribution in [1.29, 1.82) is 0 Å². The number of ether oxygens (including phenoxy) is 1. The average molecular weight is 262 g/mol. The van der Waals surface area contributed by atoms with Crippen molar-refractivity contribution in [3.8, 4) is 5.75 Å². The van der Waals surface area contributed by atoms with Crippen LogP contribution in [0, 0.1) is 0 Å². The van der Waals surface area contributed by atoms with Gasteiger partial charge in [-0.25, -0.2) is 9.69 Å². The number of carbonyl (C=O) groups is 3. The zero-order chi connectivity index (χ0) is 14.0. The van der Waals surface area contributed by atoms with E-state index in [4.69, 9.17) is 4.74 Å². The number of rotatable bonds is 4. The van der Waals surface area contributed by atoms with Gasteiger partial charge in [-0.3, -0.25) is 14.5 Å². The number of nitrogens with zero attached hydrogens (tertiary/aromatic N) is 2. The summed E-state index contributed by atoms with van der Waals surface area (Å²) in [5.74, 6) is -1.25. The van der Waals surface area contributed by atoms with Gasteiger partial charge in [0.15, 0.2) is 0 Å². The molecule has 100 valence electrons. The van der Waals surface area contributed by atoms with E-state index in [-0.39, 0.29) is 6.54 Å². The standard InChI is InChI=1S/C13H14N2O4/c1-3-14-11(16)12(17)15(13(14)18)9-7-5-6-8-10(9)19-4-2/h5-8H,3-4H2,1-2H3. The maximum atomic E-state index is 12.1. The van der Waals surface area contributed by atoms with Crippen LogP contribution in [0.15, 0.2) is 24.3 Å². The molecule has 0 aliphatic carbocycles. The van der Waals surface area contributed by atoms with Crippen molar-refractivity contribution < 1.29 is 19.1 Å². The van der Waals surface area contributed by atoms with Crippen molar-refractivity contribution in [2.75, 3.05) is 18.1 Å². The van der Waals surface area contributed by atoms with Crippen LogP contribution in [0.3, 0.4) is 0 Å². The van der Waals surface area contributed by atoms with E-state index < -0.39 is 17.8 Å². The number of benzene rings is 1. The normalized spacial score (nSPS) is 15.4. The zero-order valence-electron chi connectivity index (χ0n) is 10.8. The fourth-order valence-corrected chi connectivity index (χ4v) is 1.92. The second-order valence-corrected chi connectivity index (χ2v) is 3.87. The predicted octanol–water partition coefficient (Wildman–Crippen LogP) is 1.40. The summed E-state index contributed by atoms with van der Waals surface area (Å²) in [7, 11) is 0. The molecule has 1 aromatic rings. The lowest BCUT2D eigenvalue weighted by atomic mass is 10.2. The van der Waals surface area contributed by atoms with E-state index in [2.05, 4.69) is 0 Å². The molecule has 1 aliphatic heterocycles. The van der Waals surface area contributed by atoms with Gasteiger partial charge in [-0.1, -0.05) is 12.1 Å². The van der Waals surface area contributed by atoms with E-state index >= 15 is 0 Å². The van der Waals surface area contributed by atoms with Gasteiger partial charge in [0.05, 0.1) is 12.3 Å². The highest BCUT2D eigenvalue weighted by Crippen LogP contribution is 2.31. The van der Waals surface area contributed by atoms with Gasteiger partial charge in [0.2, 0.25) is 0 Å². The number of urea groups is 1. The summed E-state index contributed by atoms with van der Waals surface area (Å²) in [4.78, 5) is 37.4. The van der Waals surface area contributed by atoms with Gasteiger partial charge in [-0.15, -0.1) is 0 Å². The van der Waals surface area contributed by atoms with Gasteiger partial charge in [0.25, 0.3) is 0 Å². The summed E-state index contributed by atoms with van der Waals surface area (Å²) in [5, 5.41) is 0. The molecule has 1 aromatic carbocycles. The molecule has 0 atom stereocenters. The van der Waals surface area contributed by atoms with Crippen molar-refractivity contribution in [3.63, 3.8) is 0 Å². The summed E-state index contributed by atoms with van der Waals surface area (Å²) in [6.07, 6.45) is 0. The second kappa shape index (κ2) is 5.09. The molecule has 2 rings (SSSR count). The molecular weight excluding hydrogens is 248 g/mol. The summed E-state index contributed by atoms with van der Waals surface area (Å²) < 4.78 is 5.37. The number of anilines is 1. The molecule has 0 aromatic heterocycles. The van der Waals surface area contributed by atoms with Crippen LogP contribution in [0.1, 0.15) is 13.8 Å². The number of para-hydroxylation sites is 2. The number of likely N-dealkylation sites (N-methyl/N-ethyl adjacent to an activating group) is 1. The Balaban J connectivity index is 2.45. The average Bonchev–Trinajstić information content (AvgIpc) is 2.62. The molecule has 0 bridgehead atoms. The lowest BCUT2D eigenvalue weighted by Crippen LogP contribution is -2.33. The van der Waals surface area contributed by atoms with Crippen LogP contribution < -0.4 is 9.64 Å². The SMILES string of the molecule is CCOc1ccccc1N1C(=O)C(=O)N(CC)C1=O. The van der Waals surface area contributed by atoms with Crippen LogP contribution >= 0.6 is 0 Å². The number of hydrogen-bond donors (Lipinski definition) is 0. The summed E-state index contributed by atoms with van der Waals surface area (Å²) >= 11 is 0. The molecule has 6 nitrogen and oxygen atoms in total. The number of imide groups is 2. The highest BCUT2D eigenvalue weighted by atomic mass is 16.5. The van der Waals surface area contributed by atoms with Gasteiger partial charge in [-0.2, -0.15) is 0 Å². The Morgan fingerprint density at radius 3 is 2.32 bits per heavy atom. The molecule has 0 unspecified atom stereocenters. The Morgan fingerprint density at radius 1 is 1.05 bits per heavy atom. The van der Waals surface area contributed by atoms with E-state index in [1.807, 2.05) is 0 Å². The first kappa shape index (κ1) is 13.1. The monoisotopic (exact) mass is 262 g/mol. The highest BCUT2D eigenvalue weighted by molar-refractivity contribution is 6.53. The van der Waals surface area contributed by atoms with E-state index in [0.717, 1.165) is 9.80 Å². The number of carbonyl (C=O) groups excluding carboxylic acids is 3. The van der Waals surface area contributed by atoms with Crippen LogP contribution in [0.25, 0.3) is 0 Å². The van der Waals surface area contributed by atoms with Gasteiger partial charge >= 0.3 is 17.8 Å². The summed E-state index contributed by atoms with van der Waals surface area (Å²) in [6, 6.07) is 6.01. The molecule has 4 amide bonds. The number of amides is 4. The van der Waals surface area contributed by atoms with Crippen LogP contribution in [0.4, 0.5) is 10.5 Å². The second-order valence-electron chi connectivity index (χ2n) is 3.87. The van der Waals surface area contributed by atoms with E-state index in [0.29, 0.717) is 18.0 Å². The lowest BCUT2D eigenvalue weighted by Gasteiger charge is -2.17. The van der Waals surface area contributed by atoms with E-state index in [9.17, 15) is 14.4 Å². The van der Waals surface area contributed by atoms with Crippen molar-refractivity contribution >= 4 is 23.5 Å². The van der Waals surface area contributed by atoms with Crippen molar-refractivity contribution in [2.45, 2.75) is 13.8 Å². The minimum atomic E-state index is -0.848. The van der Waals surface area contributed by atoms with Gasteiger partial charge in [0.1, 0.15) is 5.75 Å². The van der Waals surface area contributed by atoms with Gasteiger partial charge in [-0.05, 0) is 26.0 Å². The van der Waals surface area contributed by atoms with Crippen LogP contribution in [0.5, 0.6) is 5.75 Å². The fraction of sp³-hybridized carbons (Fsp3) is 0.308. The Labute approximate surface area is 110 Å². The van der Waals surface area contributed by atoms with Crippen molar-refractivity contribution in [1.82, 2.24) is 4.90 Å². The minimum absolute atomic E-state index is 0.163. The van der Waals surface area contributed by atoms with Crippen LogP contribution in [-0.2, 0) is 9.59 Å². The van der Waals surface area contributed by atoms with Crippen LogP contribution in [-0.4, -0.2) is 35.9 Å². The highest BCUT2D eigenvalue weighted by Gasteiger charge is 2.45. The van der Waals surface area contributed by atoms with Crippen molar-refractivity contribution in [3.05, 3.63) is 24.3 Å². The molecule has 6 heteroatoms.